The summed E-state index contributed by atoms with van der Waals surface area (Å²) in [7, 11) is -3.20. The fourth-order valence-electron chi connectivity index (χ4n) is 1.59. The molecule has 0 aliphatic carbocycles. The van der Waals surface area contributed by atoms with Gasteiger partial charge in [-0.2, -0.15) is 0 Å². The van der Waals surface area contributed by atoms with Crippen molar-refractivity contribution in [3.63, 3.8) is 0 Å². The van der Waals surface area contributed by atoms with Gasteiger partial charge in [0, 0.05) is 16.8 Å². The molecule has 1 heterocycles. The van der Waals surface area contributed by atoms with E-state index in [-0.39, 0.29) is 10.7 Å². The van der Waals surface area contributed by atoms with E-state index in [1.165, 1.54) is 11.8 Å². The average molecular weight is 322 g/mol. The van der Waals surface area contributed by atoms with Crippen LogP contribution in [0.25, 0.3) is 0 Å². The molecule has 110 valence electrons. The molecule has 0 radical (unpaired) electrons. The lowest BCUT2D eigenvalue weighted by Gasteiger charge is -2.05. The first kappa shape index (κ1) is 15.5. The van der Waals surface area contributed by atoms with Gasteiger partial charge >= 0.3 is 0 Å². The molecule has 8 heteroatoms. The highest BCUT2D eigenvalue weighted by atomic mass is 32.2. The largest absolute Gasteiger partial charge is 0.382 e. The van der Waals surface area contributed by atoms with Gasteiger partial charge < -0.3 is 5.73 Å². The smallest absolute Gasteiger partial charge is 0.193 e. The standard InChI is InChI=1S/C13H14N4O2S2/c1-8-7-11(12(14)15)17-13(16-8)20-9-3-5-10(6-4-9)21(2,18)19/h3-7H,1-2H3,(H3,14,15). The maximum absolute atomic E-state index is 11.4. The van der Waals surface area contributed by atoms with E-state index in [0.29, 0.717) is 16.5 Å². The van der Waals surface area contributed by atoms with Crippen molar-refractivity contribution < 1.29 is 8.42 Å². The van der Waals surface area contributed by atoms with E-state index in [0.717, 1.165) is 11.2 Å². The SMILES string of the molecule is Cc1cc(C(=N)N)nc(Sc2ccc(S(C)(=O)=O)cc2)n1. The van der Waals surface area contributed by atoms with Crippen molar-refractivity contribution in [2.45, 2.75) is 21.9 Å². The van der Waals surface area contributed by atoms with Crippen molar-refractivity contribution in [1.29, 1.82) is 5.41 Å². The van der Waals surface area contributed by atoms with Crippen LogP contribution in [0, 0.1) is 12.3 Å². The zero-order chi connectivity index (χ0) is 15.6. The number of aryl methyl sites for hydroxylation is 1. The molecule has 0 aliphatic heterocycles. The number of aromatic nitrogens is 2. The lowest BCUT2D eigenvalue weighted by atomic mass is 10.3. The van der Waals surface area contributed by atoms with Gasteiger partial charge in [-0.05, 0) is 49.0 Å². The van der Waals surface area contributed by atoms with Crippen LogP contribution < -0.4 is 5.73 Å². The van der Waals surface area contributed by atoms with Gasteiger partial charge in [0.25, 0.3) is 0 Å². The number of rotatable bonds is 4. The maximum Gasteiger partial charge on any atom is 0.193 e. The van der Waals surface area contributed by atoms with Crippen molar-refractivity contribution in [2.75, 3.05) is 6.26 Å². The average Bonchev–Trinajstić information content (AvgIpc) is 2.37. The fraction of sp³-hybridized carbons (Fsp3) is 0.154. The number of benzene rings is 1. The highest BCUT2D eigenvalue weighted by Gasteiger charge is 2.09. The minimum atomic E-state index is -3.20. The second-order valence-corrected chi connectivity index (χ2v) is 7.49. The molecule has 0 spiro atoms. The molecule has 2 aromatic rings. The molecule has 0 bridgehead atoms. The third-order valence-electron chi connectivity index (χ3n) is 2.57. The van der Waals surface area contributed by atoms with Crippen molar-refractivity contribution in [2.24, 2.45) is 5.73 Å². The minimum Gasteiger partial charge on any atom is -0.382 e. The van der Waals surface area contributed by atoms with Gasteiger partial charge in [-0.25, -0.2) is 18.4 Å². The van der Waals surface area contributed by atoms with Crippen molar-refractivity contribution in [1.82, 2.24) is 9.97 Å². The quantitative estimate of drug-likeness (QED) is 0.503. The molecule has 0 aliphatic rings. The minimum absolute atomic E-state index is 0.116. The molecule has 0 unspecified atom stereocenters. The van der Waals surface area contributed by atoms with Gasteiger partial charge in [-0.3, -0.25) is 5.41 Å². The predicted octanol–water partition coefficient (Wildman–Crippen LogP) is 1.62. The highest BCUT2D eigenvalue weighted by molar-refractivity contribution is 7.99. The van der Waals surface area contributed by atoms with Crippen LogP contribution in [-0.2, 0) is 9.84 Å². The number of amidine groups is 1. The Labute approximate surface area is 127 Å². The molecule has 21 heavy (non-hydrogen) atoms. The molecule has 0 fully saturated rings. The summed E-state index contributed by atoms with van der Waals surface area (Å²) in [5.74, 6) is -0.116. The van der Waals surface area contributed by atoms with Gasteiger partial charge in [0.2, 0.25) is 0 Å². The Balaban J connectivity index is 2.28. The Morgan fingerprint density at radius 3 is 2.38 bits per heavy atom. The normalized spacial score (nSPS) is 11.3. The summed E-state index contributed by atoms with van der Waals surface area (Å²) in [5.41, 5.74) is 6.52. The zero-order valence-electron chi connectivity index (χ0n) is 11.5. The Hall–Kier alpha value is -1.93. The summed E-state index contributed by atoms with van der Waals surface area (Å²) in [4.78, 5) is 9.52. The third-order valence-corrected chi connectivity index (χ3v) is 4.57. The van der Waals surface area contributed by atoms with Crippen LogP contribution in [-0.4, -0.2) is 30.5 Å². The van der Waals surface area contributed by atoms with Crippen molar-refractivity contribution >= 4 is 27.4 Å². The molecule has 0 atom stereocenters. The Bertz CT molecular complexity index is 786. The number of sulfone groups is 1. The molecule has 1 aromatic heterocycles. The van der Waals surface area contributed by atoms with Crippen LogP contribution in [0.3, 0.4) is 0 Å². The first-order valence-corrected chi connectivity index (χ1v) is 8.64. The van der Waals surface area contributed by atoms with Crippen molar-refractivity contribution in [3.8, 4) is 0 Å². The Morgan fingerprint density at radius 2 is 1.86 bits per heavy atom. The summed E-state index contributed by atoms with van der Waals surface area (Å²) in [6.07, 6.45) is 1.16. The second-order valence-electron chi connectivity index (χ2n) is 4.44. The van der Waals surface area contributed by atoms with Crippen LogP contribution >= 0.6 is 11.8 Å². The van der Waals surface area contributed by atoms with E-state index in [2.05, 4.69) is 9.97 Å². The van der Waals surface area contributed by atoms with Gasteiger partial charge in [-0.15, -0.1) is 0 Å². The summed E-state index contributed by atoms with van der Waals surface area (Å²) in [6.45, 7) is 1.80. The summed E-state index contributed by atoms with van der Waals surface area (Å²) in [5, 5.41) is 7.88. The van der Waals surface area contributed by atoms with Crippen LogP contribution in [0.1, 0.15) is 11.4 Å². The molecule has 0 amide bonds. The van der Waals surface area contributed by atoms with Gasteiger partial charge in [-0.1, -0.05) is 0 Å². The molecule has 6 nitrogen and oxygen atoms in total. The summed E-state index contributed by atoms with van der Waals surface area (Å²) in [6, 6.07) is 8.11. The number of hydrogen-bond acceptors (Lipinski definition) is 6. The molecular weight excluding hydrogens is 308 g/mol. The zero-order valence-corrected chi connectivity index (χ0v) is 13.1. The van der Waals surface area contributed by atoms with Crippen LogP contribution in [0.5, 0.6) is 0 Å². The van der Waals surface area contributed by atoms with Crippen LogP contribution in [0.15, 0.2) is 45.3 Å². The number of nitrogens with zero attached hydrogens (tertiary/aromatic N) is 2. The molecule has 1 aromatic carbocycles. The number of nitrogens with two attached hydrogens (primary N) is 1. The topological polar surface area (TPSA) is 110 Å². The lowest BCUT2D eigenvalue weighted by molar-refractivity contribution is 0.602. The van der Waals surface area contributed by atoms with Gasteiger partial charge in [0.05, 0.1) is 4.90 Å². The fourth-order valence-corrected chi connectivity index (χ4v) is 3.03. The lowest BCUT2D eigenvalue weighted by Crippen LogP contribution is -2.14. The molecule has 0 saturated carbocycles. The van der Waals surface area contributed by atoms with E-state index in [1.807, 2.05) is 0 Å². The van der Waals surface area contributed by atoms with Gasteiger partial charge in [0.1, 0.15) is 11.5 Å². The molecular formula is C13H14N4O2S2. The van der Waals surface area contributed by atoms with Crippen molar-refractivity contribution in [3.05, 3.63) is 41.7 Å². The van der Waals surface area contributed by atoms with E-state index in [4.69, 9.17) is 11.1 Å². The van der Waals surface area contributed by atoms with Gasteiger partial charge in [0.15, 0.2) is 15.0 Å². The molecule has 2 rings (SSSR count). The molecule has 0 saturated heterocycles. The highest BCUT2D eigenvalue weighted by Crippen LogP contribution is 2.26. The third kappa shape index (κ3) is 4.02. The van der Waals surface area contributed by atoms with E-state index in [9.17, 15) is 8.42 Å². The Kier molecular flexibility index (Phi) is 4.29. The van der Waals surface area contributed by atoms with E-state index in [1.54, 1.807) is 37.3 Å². The number of nitrogens with one attached hydrogen (secondary N) is 1. The van der Waals surface area contributed by atoms with Crippen LogP contribution in [0.2, 0.25) is 0 Å². The van der Waals surface area contributed by atoms with E-state index < -0.39 is 9.84 Å². The maximum atomic E-state index is 11.4. The molecule has 3 N–H and O–H groups in total. The van der Waals surface area contributed by atoms with Crippen LogP contribution in [0.4, 0.5) is 0 Å². The Morgan fingerprint density at radius 1 is 1.24 bits per heavy atom. The first-order valence-electron chi connectivity index (χ1n) is 5.94. The number of hydrogen-bond donors (Lipinski definition) is 2. The predicted molar refractivity (Wildman–Crippen MR) is 81.5 cm³/mol. The second kappa shape index (κ2) is 5.82. The first-order chi connectivity index (χ1) is 9.75. The van der Waals surface area contributed by atoms with E-state index >= 15 is 0 Å². The number of nitrogen functional groups attached to an aromatic ring is 1. The monoisotopic (exact) mass is 322 g/mol. The summed E-state index contributed by atoms with van der Waals surface area (Å²) < 4.78 is 22.8. The summed E-state index contributed by atoms with van der Waals surface area (Å²) >= 11 is 1.28.